The predicted octanol–water partition coefficient (Wildman–Crippen LogP) is 4.80. The molecule has 1 N–H and O–H groups in total. The van der Waals surface area contributed by atoms with Gasteiger partial charge in [-0.15, -0.1) is 0 Å². The van der Waals surface area contributed by atoms with Crippen LogP contribution in [0.25, 0.3) is 5.76 Å². The largest absolute Gasteiger partial charge is 0.507 e. The third-order valence-electron chi connectivity index (χ3n) is 5.60. The van der Waals surface area contributed by atoms with E-state index < -0.39 is 17.7 Å². The highest BCUT2D eigenvalue weighted by atomic mass is 16.5. The quantitative estimate of drug-likeness (QED) is 0.337. The van der Waals surface area contributed by atoms with Gasteiger partial charge >= 0.3 is 0 Å². The van der Waals surface area contributed by atoms with E-state index in [4.69, 9.17) is 4.74 Å². The fourth-order valence-electron chi connectivity index (χ4n) is 4.09. The number of hydrogen-bond donors (Lipinski definition) is 1. The van der Waals surface area contributed by atoms with E-state index in [1.807, 2.05) is 45.0 Å². The molecule has 2 aromatic carbocycles. The molecule has 4 rings (SSSR count). The van der Waals surface area contributed by atoms with Gasteiger partial charge in [0, 0.05) is 24.5 Å². The van der Waals surface area contributed by atoms with Crippen molar-refractivity contribution in [2.45, 2.75) is 39.5 Å². The standard InChI is InChI=1S/C27H26N2O4/c1-17(2)33-21-9-6-8-20(15-21)25(30)23-24(22-10-5-4-7-18(22)3)29(27(32)26(23)31)16-19-11-13-28-14-12-19/h4-15,17,24,30H,16H2,1-3H3/b25-23+. The molecule has 0 radical (unpaired) electrons. The maximum Gasteiger partial charge on any atom is 0.295 e. The first-order valence-corrected chi connectivity index (χ1v) is 10.9. The summed E-state index contributed by atoms with van der Waals surface area (Å²) >= 11 is 0. The van der Waals surface area contributed by atoms with Crippen LogP contribution in [0, 0.1) is 6.92 Å². The summed E-state index contributed by atoms with van der Waals surface area (Å²) in [5, 5.41) is 11.3. The SMILES string of the molecule is Cc1ccccc1C1/C(=C(\O)c2cccc(OC(C)C)c2)C(=O)C(=O)N1Cc1ccncc1. The van der Waals surface area contributed by atoms with Gasteiger partial charge < -0.3 is 14.7 Å². The number of ether oxygens (including phenoxy) is 1. The van der Waals surface area contributed by atoms with Crippen LogP contribution in [0.15, 0.2) is 78.6 Å². The average molecular weight is 443 g/mol. The van der Waals surface area contributed by atoms with Gasteiger partial charge in [0.15, 0.2) is 0 Å². The molecule has 2 heterocycles. The number of nitrogens with zero attached hydrogens (tertiary/aromatic N) is 2. The fourth-order valence-corrected chi connectivity index (χ4v) is 4.09. The van der Waals surface area contributed by atoms with Crippen molar-refractivity contribution in [3.63, 3.8) is 0 Å². The second kappa shape index (κ2) is 9.28. The first kappa shape index (κ1) is 22.3. The Kier molecular flexibility index (Phi) is 6.27. The molecule has 3 aromatic rings. The Balaban J connectivity index is 1.86. The molecule has 1 atom stereocenters. The van der Waals surface area contributed by atoms with E-state index in [9.17, 15) is 14.7 Å². The van der Waals surface area contributed by atoms with Gasteiger partial charge in [0.1, 0.15) is 11.5 Å². The number of aliphatic hydroxyl groups excluding tert-OH is 1. The molecule has 0 spiro atoms. The Morgan fingerprint density at radius 1 is 1.06 bits per heavy atom. The normalized spacial score (nSPS) is 17.6. The molecule has 0 aliphatic carbocycles. The van der Waals surface area contributed by atoms with Crippen molar-refractivity contribution in [1.29, 1.82) is 0 Å². The second-order valence-corrected chi connectivity index (χ2v) is 8.33. The number of ketones is 1. The van der Waals surface area contributed by atoms with Crippen LogP contribution in [0.2, 0.25) is 0 Å². The lowest BCUT2D eigenvalue weighted by atomic mass is 9.92. The molecule has 1 aromatic heterocycles. The fraction of sp³-hybridized carbons (Fsp3) is 0.222. The lowest BCUT2D eigenvalue weighted by Gasteiger charge is -2.26. The first-order valence-electron chi connectivity index (χ1n) is 10.9. The summed E-state index contributed by atoms with van der Waals surface area (Å²) in [7, 11) is 0. The highest BCUT2D eigenvalue weighted by Gasteiger charge is 2.46. The number of carbonyl (C=O) groups is 2. The van der Waals surface area contributed by atoms with Crippen molar-refractivity contribution in [1.82, 2.24) is 9.88 Å². The van der Waals surface area contributed by atoms with Gasteiger partial charge in [0.25, 0.3) is 11.7 Å². The Morgan fingerprint density at radius 3 is 2.48 bits per heavy atom. The Bertz CT molecular complexity index is 1220. The van der Waals surface area contributed by atoms with E-state index in [-0.39, 0.29) is 24.0 Å². The Labute approximate surface area is 193 Å². The highest BCUT2D eigenvalue weighted by Crippen LogP contribution is 2.41. The van der Waals surface area contributed by atoms with Gasteiger partial charge in [0.05, 0.1) is 17.7 Å². The summed E-state index contributed by atoms with van der Waals surface area (Å²) in [6.07, 6.45) is 3.25. The third-order valence-corrected chi connectivity index (χ3v) is 5.60. The van der Waals surface area contributed by atoms with E-state index in [1.165, 1.54) is 4.90 Å². The van der Waals surface area contributed by atoms with E-state index >= 15 is 0 Å². The van der Waals surface area contributed by atoms with Crippen molar-refractivity contribution in [2.24, 2.45) is 0 Å². The predicted molar refractivity (Wildman–Crippen MR) is 125 cm³/mol. The van der Waals surface area contributed by atoms with Crippen molar-refractivity contribution < 1.29 is 19.4 Å². The van der Waals surface area contributed by atoms with Crippen molar-refractivity contribution in [3.05, 3.63) is 101 Å². The Hall–Kier alpha value is -3.93. The molecule has 0 saturated carbocycles. The summed E-state index contributed by atoms with van der Waals surface area (Å²) in [4.78, 5) is 31.9. The molecule has 6 heteroatoms. The summed E-state index contributed by atoms with van der Waals surface area (Å²) < 4.78 is 5.74. The summed E-state index contributed by atoms with van der Waals surface area (Å²) in [6.45, 7) is 5.98. The highest BCUT2D eigenvalue weighted by molar-refractivity contribution is 6.46. The lowest BCUT2D eigenvalue weighted by Crippen LogP contribution is -2.29. The molecule has 1 unspecified atom stereocenters. The number of rotatable bonds is 6. The van der Waals surface area contributed by atoms with Crippen LogP contribution in [0.3, 0.4) is 0 Å². The number of benzene rings is 2. The van der Waals surface area contributed by atoms with E-state index in [0.29, 0.717) is 11.3 Å². The molecule has 1 aliphatic heterocycles. The molecule has 0 bridgehead atoms. The molecule has 1 fully saturated rings. The smallest absolute Gasteiger partial charge is 0.295 e. The van der Waals surface area contributed by atoms with Crippen LogP contribution in [-0.2, 0) is 16.1 Å². The number of amides is 1. The average Bonchev–Trinajstić information content (AvgIpc) is 3.04. The van der Waals surface area contributed by atoms with Crippen LogP contribution in [0.4, 0.5) is 0 Å². The molecule has 1 saturated heterocycles. The molecular formula is C27H26N2O4. The number of carbonyl (C=O) groups excluding carboxylic acids is 2. The lowest BCUT2D eigenvalue weighted by molar-refractivity contribution is -0.140. The number of aromatic nitrogens is 1. The van der Waals surface area contributed by atoms with Crippen molar-refractivity contribution in [3.8, 4) is 5.75 Å². The molecule has 33 heavy (non-hydrogen) atoms. The van der Waals surface area contributed by atoms with Crippen LogP contribution in [0.1, 0.15) is 42.1 Å². The summed E-state index contributed by atoms with van der Waals surface area (Å²) in [5.41, 5.74) is 3.06. The van der Waals surface area contributed by atoms with Crippen LogP contribution in [-0.4, -0.2) is 32.8 Å². The minimum absolute atomic E-state index is 0.0414. The number of aryl methyl sites for hydroxylation is 1. The number of likely N-dealkylation sites (tertiary alicyclic amines) is 1. The topological polar surface area (TPSA) is 79.7 Å². The second-order valence-electron chi connectivity index (χ2n) is 8.33. The number of pyridine rings is 1. The van der Waals surface area contributed by atoms with Crippen LogP contribution >= 0.6 is 0 Å². The van der Waals surface area contributed by atoms with Crippen LogP contribution < -0.4 is 4.74 Å². The minimum atomic E-state index is -0.714. The number of aliphatic hydroxyl groups is 1. The van der Waals surface area contributed by atoms with Gasteiger partial charge in [-0.1, -0.05) is 36.4 Å². The van der Waals surface area contributed by atoms with Crippen molar-refractivity contribution >= 4 is 17.4 Å². The molecule has 1 aliphatic rings. The molecular weight excluding hydrogens is 416 g/mol. The molecule has 6 nitrogen and oxygen atoms in total. The first-order chi connectivity index (χ1) is 15.9. The van der Waals surface area contributed by atoms with Gasteiger partial charge in [0.2, 0.25) is 0 Å². The maximum atomic E-state index is 13.2. The minimum Gasteiger partial charge on any atom is -0.507 e. The zero-order chi connectivity index (χ0) is 23.5. The summed E-state index contributed by atoms with van der Waals surface area (Å²) in [5.74, 6) is -0.985. The molecule has 168 valence electrons. The van der Waals surface area contributed by atoms with Gasteiger partial charge in [-0.05, 0) is 61.7 Å². The zero-order valence-electron chi connectivity index (χ0n) is 18.9. The number of Topliss-reactive ketones (excluding diaryl/α,β-unsaturated/α-hetero) is 1. The maximum absolute atomic E-state index is 13.2. The summed E-state index contributed by atoms with van der Waals surface area (Å²) in [6, 6.07) is 17.4. The Morgan fingerprint density at radius 2 is 1.79 bits per heavy atom. The van der Waals surface area contributed by atoms with E-state index in [0.717, 1.165) is 16.7 Å². The monoisotopic (exact) mass is 442 g/mol. The van der Waals surface area contributed by atoms with Gasteiger partial charge in [-0.25, -0.2) is 0 Å². The van der Waals surface area contributed by atoms with Gasteiger partial charge in [-0.2, -0.15) is 0 Å². The third kappa shape index (κ3) is 4.51. The number of hydrogen-bond acceptors (Lipinski definition) is 5. The van der Waals surface area contributed by atoms with Crippen LogP contribution in [0.5, 0.6) is 5.75 Å². The zero-order valence-corrected chi connectivity index (χ0v) is 18.9. The van der Waals surface area contributed by atoms with E-state index in [1.54, 1.807) is 48.8 Å². The van der Waals surface area contributed by atoms with Gasteiger partial charge in [-0.3, -0.25) is 14.6 Å². The van der Waals surface area contributed by atoms with E-state index in [2.05, 4.69) is 4.98 Å². The van der Waals surface area contributed by atoms with Crippen molar-refractivity contribution in [2.75, 3.05) is 0 Å². The molecule has 1 amide bonds.